The van der Waals surface area contributed by atoms with Crippen LogP contribution in [0.2, 0.25) is 0 Å². The zero-order valence-electron chi connectivity index (χ0n) is 13.6. The molecular weight excluding hydrogens is 310 g/mol. The third-order valence-corrected chi connectivity index (χ3v) is 3.05. The minimum Gasteiger partial charge on any atom is -0.465 e. The van der Waals surface area contributed by atoms with Crippen LogP contribution >= 0.6 is 0 Å². The molecule has 24 heavy (non-hydrogen) atoms. The van der Waals surface area contributed by atoms with Crippen LogP contribution in [0.25, 0.3) is 0 Å². The number of hydrogen-bond acceptors (Lipinski definition) is 7. The van der Waals surface area contributed by atoms with Crippen molar-refractivity contribution in [1.29, 1.82) is 0 Å². The van der Waals surface area contributed by atoms with E-state index in [2.05, 4.69) is 15.0 Å². The molecule has 2 aromatic rings. The highest BCUT2D eigenvalue weighted by Gasteiger charge is 2.05. The molecule has 7 nitrogen and oxygen atoms in total. The molecular formula is C17H17N3O4. The van der Waals surface area contributed by atoms with Gasteiger partial charge in [-0.2, -0.15) is 10.2 Å². The lowest BCUT2D eigenvalue weighted by molar-refractivity contribution is -0.141. The maximum absolute atomic E-state index is 11.3. The molecule has 0 saturated carbocycles. The van der Waals surface area contributed by atoms with Gasteiger partial charge in [0.1, 0.15) is 0 Å². The minimum atomic E-state index is -0.397. The Morgan fingerprint density at radius 1 is 0.917 bits per heavy atom. The first kappa shape index (κ1) is 17.1. The van der Waals surface area contributed by atoms with Gasteiger partial charge in [-0.05, 0) is 48.5 Å². The number of methoxy groups -OCH3 is 1. The summed E-state index contributed by atoms with van der Waals surface area (Å²) >= 11 is 0. The van der Waals surface area contributed by atoms with Crippen molar-refractivity contribution in [2.24, 2.45) is 10.2 Å². The lowest BCUT2D eigenvalue weighted by Crippen LogP contribution is -2.20. The average molecular weight is 327 g/mol. The van der Waals surface area contributed by atoms with Gasteiger partial charge >= 0.3 is 11.9 Å². The van der Waals surface area contributed by atoms with Crippen LogP contribution in [0, 0.1) is 0 Å². The molecule has 0 heterocycles. The highest BCUT2D eigenvalue weighted by Crippen LogP contribution is 2.22. The van der Waals surface area contributed by atoms with Crippen LogP contribution in [0.1, 0.15) is 17.3 Å². The Morgan fingerprint density at radius 3 is 1.88 bits per heavy atom. The molecule has 0 fully saturated rings. The number of hydrogen-bond donors (Lipinski definition) is 0. The smallest absolute Gasteiger partial charge is 0.337 e. The summed E-state index contributed by atoms with van der Waals surface area (Å²) in [6.45, 7) is 1.34. The van der Waals surface area contributed by atoms with E-state index in [1.807, 2.05) is 0 Å². The molecule has 0 spiro atoms. The Balaban J connectivity index is 2.04. The van der Waals surface area contributed by atoms with Gasteiger partial charge in [0.15, 0.2) is 0 Å². The lowest BCUT2D eigenvalue weighted by Gasteiger charge is -2.16. The van der Waals surface area contributed by atoms with Crippen LogP contribution in [0.15, 0.2) is 58.8 Å². The van der Waals surface area contributed by atoms with E-state index in [-0.39, 0.29) is 0 Å². The molecule has 0 saturated heterocycles. The van der Waals surface area contributed by atoms with E-state index in [9.17, 15) is 9.59 Å². The maximum atomic E-state index is 11.3. The van der Waals surface area contributed by atoms with Gasteiger partial charge in [0.2, 0.25) is 0 Å². The van der Waals surface area contributed by atoms with Gasteiger partial charge in [-0.1, -0.05) is 0 Å². The van der Waals surface area contributed by atoms with Crippen LogP contribution in [-0.4, -0.2) is 26.1 Å². The first-order valence-electron chi connectivity index (χ1n) is 7.12. The third-order valence-electron chi connectivity index (χ3n) is 3.05. The van der Waals surface area contributed by atoms with Gasteiger partial charge in [-0.25, -0.2) is 9.86 Å². The van der Waals surface area contributed by atoms with Crippen LogP contribution < -0.4 is 5.06 Å². The van der Waals surface area contributed by atoms with Crippen molar-refractivity contribution in [3.05, 3.63) is 54.1 Å². The molecule has 0 aliphatic carbocycles. The molecule has 0 N–H and O–H groups in total. The summed E-state index contributed by atoms with van der Waals surface area (Å²) in [5.41, 5.74) is 2.43. The Kier molecular flexibility index (Phi) is 5.62. The van der Waals surface area contributed by atoms with Crippen LogP contribution in [0.4, 0.5) is 17.1 Å². The van der Waals surface area contributed by atoms with Crippen molar-refractivity contribution in [1.82, 2.24) is 0 Å². The van der Waals surface area contributed by atoms with E-state index in [0.29, 0.717) is 22.6 Å². The minimum absolute atomic E-state index is 0.392. The molecule has 0 bridgehead atoms. The summed E-state index contributed by atoms with van der Waals surface area (Å²) in [4.78, 5) is 27.2. The molecule has 2 aromatic carbocycles. The fourth-order valence-corrected chi connectivity index (χ4v) is 1.87. The van der Waals surface area contributed by atoms with E-state index >= 15 is 0 Å². The van der Waals surface area contributed by atoms with Gasteiger partial charge in [0.05, 0.1) is 29.7 Å². The van der Waals surface area contributed by atoms with Gasteiger partial charge in [-0.15, -0.1) is 0 Å². The summed E-state index contributed by atoms with van der Waals surface area (Å²) in [6, 6.07) is 13.6. The number of benzene rings is 2. The fraction of sp³-hybridized carbons (Fsp3) is 0.176. The quantitative estimate of drug-likeness (QED) is 0.474. The number of ether oxygens (including phenoxy) is 1. The van der Waals surface area contributed by atoms with Gasteiger partial charge in [-0.3, -0.25) is 4.79 Å². The molecule has 0 aromatic heterocycles. The van der Waals surface area contributed by atoms with Crippen molar-refractivity contribution in [3.8, 4) is 0 Å². The first-order chi connectivity index (χ1) is 11.5. The molecule has 0 aliphatic heterocycles. The second-order valence-corrected chi connectivity index (χ2v) is 4.84. The molecule has 124 valence electrons. The van der Waals surface area contributed by atoms with Crippen molar-refractivity contribution in [2.45, 2.75) is 6.92 Å². The van der Waals surface area contributed by atoms with E-state index in [1.54, 1.807) is 55.6 Å². The molecule has 0 unspecified atom stereocenters. The predicted molar refractivity (Wildman–Crippen MR) is 88.6 cm³/mol. The van der Waals surface area contributed by atoms with Crippen LogP contribution in [0.5, 0.6) is 0 Å². The number of esters is 1. The third kappa shape index (κ3) is 4.64. The normalized spacial score (nSPS) is 10.5. The second kappa shape index (κ2) is 7.87. The van der Waals surface area contributed by atoms with E-state index in [4.69, 9.17) is 4.84 Å². The van der Waals surface area contributed by atoms with Crippen molar-refractivity contribution < 1.29 is 19.2 Å². The van der Waals surface area contributed by atoms with Crippen molar-refractivity contribution in [3.63, 3.8) is 0 Å². The Bertz CT molecular complexity index is 739. The topological polar surface area (TPSA) is 80.6 Å². The summed E-state index contributed by atoms with van der Waals surface area (Å²) < 4.78 is 4.63. The first-order valence-corrected chi connectivity index (χ1v) is 7.12. The van der Waals surface area contributed by atoms with Crippen molar-refractivity contribution >= 4 is 29.0 Å². The number of nitrogens with zero attached hydrogens (tertiary/aromatic N) is 3. The number of rotatable bonds is 5. The molecule has 0 aliphatic rings. The molecule has 7 heteroatoms. The second-order valence-electron chi connectivity index (χ2n) is 4.84. The number of azo groups is 1. The largest absolute Gasteiger partial charge is 0.465 e. The number of anilines is 1. The van der Waals surface area contributed by atoms with Gasteiger partial charge in [0, 0.05) is 14.0 Å². The maximum Gasteiger partial charge on any atom is 0.337 e. The number of carbonyl (C=O) groups excluding carboxylic acids is 2. The monoisotopic (exact) mass is 327 g/mol. The summed E-state index contributed by atoms with van der Waals surface area (Å²) in [6.07, 6.45) is 0. The van der Waals surface area contributed by atoms with Crippen LogP contribution in [0.3, 0.4) is 0 Å². The fourth-order valence-electron chi connectivity index (χ4n) is 1.87. The highest BCUT2D eigenvalue weighted by atomic mass is 16.7. The standard InChI is InChI=1S/C17H17N3O4/c1-12(21)24-20(2)16-10-8-15(9-11-16)19-18-14-6-4-13(5-7-14)17(22)23-3/h4-11H,1-3H3. The number of carbonyl (C=O) groups is 2. The highest BCUT2D eigenvalue weighted by molar-refractivity contribution is 5.89. The zero-order chi connectivity index (χ0) is 17.5. The molecule has 0 radical (unpaired) electrons. The van der Waals surface area contributed by atoms with E-state index in [0.717, 1.165) is 0 Å². The lowest BCUT2D eigenvalue weighted by atomic mass is 10.2. The summed E-state index contributed by atoms with van der Waals surface area (Å²) in [5.74, 6) is -0.789. The molecule has 0 amide bonds. The Morgan fingerprint density at radius 2 is 1.42 bits per heavy atom. The number of hydroxylamine groups is 1. The zero-order valence-corrected chi connectivity index (χ0v) is 13.6. The van der Waals surface area contributed by atoms with Gasteiger partial charge < -0.3 is 9.57 Å². The summed E-state index contributed by atoms with van der Waals surface area (Å²) in [7, 11) is 2.97. The Hall–Kier alpha value is -3.22. The van der Waals surface area contributed by atoms with Crippen molar-refractivity contribution in [2.75, 3.05) is 19.2 Å². The molecule has 2 rings (SSSR count). The molecule has 0 atom stereocenters. The van der Waals surface area contributed by atoms with Gasteiger partial charge in [0.25, 0.3) is 0 Å². The Labute approximate surface area is 139 Å². The average Bonchev–Trinajstić information content (AvgIpc) is 2.59. The van der Waals surface area contributed by atoms with E-state index < -0.39 is 11.9 Å². The summed E-state index contributed by atoms with van der Waals surface area (Å²) in [5, 5.41) is 9.58. The van der Waals surface area contributed by atoms with Crippen LogP contribution in [-0.2, 0) is 14.4 Å². The SMILES string of the molecule is COC(=O)c1ccc(N=Nc2ccc(N(C)OC(C)=O)cc2)cc1. The predicted octanol–water partition coefficient (Wildman–Crippen LogP) is 3.80. The van der Waals surface area contributed by atoms with E-state index in [1.165, 1.54) is 19.1 Å².